The molecular formula is C31H39N3O6. The second-order valence-electron chi connectivity index (χ2n) is 11.3. The van der Waals surface area contributed by atoms with Crippen molar-refractivity contribution in [1.82, 2.24) is 14.8 Å². The number of nitrogens with zero attached hydrogens (tertiary/aromatic N) is 2. The summed E-state index contributed by atoms with van der Waals surface area (Å²) in [6, 6.07) is 11.3. The van der Waals surface area contributed by atoms with Gasteiger partial charge in [-0.25, -0.2) is 9.59 Å². The van der Waals surface area contributed by atoms with Crippen molar-refractivity contribution in [2.75, 3.05) is 20.8 Å². The topological polar surface area (TPSA) is 99.1 Å². The van der Waals surface area contributed by atoms with E-state index in [1.54, 1.807) is 30.0 Å². The van der Waals surface area contributed by atoms with Gasteiger partial charge in [-0.3, -0.25) is 14.3 Å². The molecule has 2 aromatic carbocycles. The summed E-state index contributed by atoms with van der Waals surface area (Å²) in [7, 11) is 3.02. The number of likely N-dealkylation sites (tertiary alicyclic amines) is 1. The molecule has 1 aliphatic rings. The Morgan fingerprint density at radius 3 is 2.38 bits per heavy atom. The smallest absolute Gasteiger partial charge is 0.419 e. The van der Waals surface area contributed by atoms with Crippen LogP contribution in [-0.4, -0.2) is 59.8 Å². The molecule has 1 aliphatic heterocycles. The highest BCUT2D eigenvalue weighted by molar-refractivity contribution is 5.95. The fourth-order valence-corrected chi connectivity index (χ4v) is 5.50. The first-order chi connectivity index (χ1) is 18.9. The van der Waals surface area contributed by atoms with Crippen molar-refractivity contribution in [3.63, 3.8) is 0 Å². The maximum Gasteiger partial charge on any atom is 0.419 e. The highest BCUT2D eigenvalue weighted by atomic mass is 16.6. The van der Waals surface area contributed by atoms with Crippen LogP contribution in [0.15, 0.2) is 42.6 Å². The zero-order valence-corrected chi connectivity index (χ0v) is 24.4. The highest BCUT2D eigenvalue weighted by Gasteiger charge is 2.32. The summed E-state index contributed by atoms with van der Waals surface area (Å²) in [6.07, 6.45) is 2.84. The van der Waals surface area contributed by atoms with E-state index in [1.807, 2.05) is 52.0 Å². The molecular weight excluding hydrogens is 510 g/mol. The molecule has 0 saturated carbocycles. The second-order valence-corrected chi connectivity index (χ2v) is 11.3. The number of hydrogen-bond acceptors (Lipinski definition) is 7. The van der Waals surface area contributed by atoms with Crippen LogP contribution in [0.2, 0.25) is 0 Å². The quantitative estimate of drug-likeness (QED) is 0.413. The molecule has 3 aromatic rings. The number of carbonyl (C=O) groups is 3. The predicted octanol–water partition coefficient (Wildman–Crippen LogP) is 5.37. The van der Waals surface area contributed by atoms with E-state index in [0.29, 0.717) is 18.5 Å². The van der Waals surface area contributed by atoms with E-state index in [4.69, 9.17) is 14.2 Å². The first-order valence-corrected chi connectivity index (χ1v) is 13.5. The van der Waals surface area contributed by atoms with Crippen LogP contribution in [0.25, 0.3) is 10.9 Å². The fraction of sp³-hybridized carbons (Fsp3) is 0.452. The molecule has 1 fully saturated rings. The number of rotatable bonds is 6. The molecule has 2 atom stereocenters. The first-order valence-electron chi connectivity index (χ1n) is 13.5. The lowest BCUT2D eigenvalue weighted by Crippen LogP contribution is -2.45. The minimum Gasteiger partial charge on any atom is -0.496 e. The Morgan fingerprint density at radius 2 is 1.77 bits per heavy atom. The van der Waals surface area contributed by atoms with E-state index < -0.39 is 11.7 Å². The predicted molar refractivity (Wildman–Crippen MR) is 153 cm³/mol. The molecule has 1 saturated heterocycles. The van der Waals surface area contributed by atoms with Crippen molar-refractivity contribution in [3.05, 3.63) is 64.8 Å². The van der Waals surface area contributed by atoms with Gasteiger partial charge in [0, 0.05) is 49.2 Å². The maximum atomic E-state index is 13.0. The van der Waals surface area contributed by atoms with Gasteiger partial charge >= 0.3 is 12.1 Å². The van der Waals surface area contributed by atoms with Gasteiger partial charge in [-0.2, -0.15) is 0 Å². The number of piperidine rings is 1. The summed E-state index contributed by atoms with van der Waals surface area (Å²) in [6.45, 7) is 10.3. The molecule has 2 unspecified atom stereocenters. The molecule has 1 aromatic heterocycles. The Morgan fingerprint density at radius 1 is 1.07 bits per heavy atom. The molecule has 9 nitrogen and oxygen atoms in total. The molecule has 1 amide bonds. The van der Waals surface area contributed by atoms with Gasteiger partial charge in [0.05, 0.1) is 25.3 Å². The van der Waals surface area contributed by atoms with E-state index in [2.05, 4.69) is 10.2 Å². The van der Waals surface area contributed by atoms with Gasteiger partial charge in [-0.1, -0.05) is 12.1 Å². The average molecular weight is 550 g/mol. The first kappa shape index (κ1) is 29.1. The number of fused-ring (bicyclic) bond motifs is 1. The van der Waals surface area contributed by atoms with Crippen LogP contribution in [0.1, 0.15) is 73.6 Å². The molecule has 1 N–H and O–H groups in total. The normalized spacial score (nSPS) is 17.9. The number of carbonyl (C=O) groups excluding carboxylic acids is 3. The summed E-state index contributed by atoms with van der Waals surface area (Å²) < 4.78 is 17.9. The van der Waals surface area contributed by atoms with Crippen molar-refractivity contribution >= 4 is 28.9 Å². The van der Waals surface area contributed by atoms with E-state index in [1.165, 1.54) is 14.0 Å². The SMILES string of the molecule is COC(=O)c1ccc(C2CC(NC(C)=O)CCN2Cc2c(OC)cc(C)c3c2ccn3C(=O)OC(C)(C)C)cc1. The Balaban J connectivity index is 1.73. The third-order valence-corrected chi connectivity index (χ3v) is 7.24. The lowest BCUT2D eigenvalue weighted by atomic mass is 9.90. The molecule has 2 heterocycles. The van der Waals surface area contributed by atoms with Gasteiger partial charge < -0.3 is 19.5 Å². The number of amides is 1. The fourth-order valence-electron chi connectivity index (χ4n) is 5.50. The van der Waals surface area contributed by atoms with Crippen LogP contribution in [0.5, 0.6) is 5.75 Å². The molecule has 0 aliphatic carbocycles. The van der Waals surface area contributed by atoms with Gasteiger partial charge in [0.25, 0.3) is 0 Å². The van der Waals surface area contributed by atoms with E-state index in [-0.39, 0.29) is 24.0 Å². The Hall–Kier alpha value is -3.85. The Kier molecular flexibility index (Phi) is 8.54. The average Bonchev–Trinajstić information content (AvgIpc) is 3.35. The number of benzene rings is 2. The molecule has 0 bridgehead atoms. The zero-order chi connectivity index (χ0) is 29.2. The van der Waals surface area contributed by atoms with E-state index >= 15 is 0 Å². The summed E-state index contributed by atoms with van der Waals surface area (Å²) in [5, 5.41) is 4.00. The monoisotopic (exact) mass is 549 g/mol. The number of ether oxygens (including phenoxy) is 3. The van der Waals surface area contributed by atoms with Crippen molar-refractivity contribution in [1.29, 1.82) is 0 Å². The standard InChI is InChI=1S/C31H39N3O6/c1-19-16-27(38-6)25(24-13-15-34(28(19)24)30(37)40-31(3,4)5)18-33-14-12-23(32-20(2)35)17-26(33)21-8-10-22(11-9-21)29(36)39-7/h8-11,13,15-16,23,26H,12,14,17-18H2,1-7H3,(H,32,35). The minimum atomic E-state index is -0.619. The van der Waals surface area contributed by atoms with Crippen molar-refractivity contribution in [2.45, 2.75) is 71.7 Å². The zero-order valence-electron chi connectivity index (χ0n) is 24.4. The largest absolute Gasteiger partial charge is 0.496 e. The van der Waals surface area contributed by atoms with Gasteiger partial charge in [0.1, 0.15) is 11.4 Å². The van der Waals surface area contributed by atoms with Crippen molar-refractivity contribution in [3.8, 4) is 5.75 Å². The van der Waals surface area contributed by atoms with Crippen LogP contribution >= 0.6 is 0 Å². The lowest BCUT2D eigenvalue weighted by molar-refractivity contribution is -0.120. The van der Waals surface area contributed by atoms with Gasteiger partial charge in [0.2, 0.25) is 5.91 Å². The molecule has 0 radical (unpaired) electrons. The van der Waals surface area contributed by atoms with Crippen LogP contribution in [-0.2, 0) is 20.8 Å². The molecule has 40 heavy (non-hydrogen) atoms. The molecule has 9 heteroatoms. The molecule has 214 valence electrons. The van der Waals surface area contributed by atoms with Gasteiger partial charge in [0.15, 0.2) is 0 Å². The van der Waals surface area contributed by atoms with Crippen LogP contribution in [0.3, 0.4) is 0 Å². The van der Waals surface area contributed by atoms with Crippen molar-refractivity contribution < 1.29 is 28.6 Å². The molecule has 0 spiro atoms. The van der Waals surface area contributed by atoms with Crippen LogP contribution < -0.4 is 10.1 Å². The summed E-state index contributed by atoms with van der Waals surface area (Å²) in [5.74, 6) is 0.309. The Labute approximate surface area is 235 Å². The highest BCUT2D eigenvalue weighted by Crippen LogP contribution is 2.38. The summed E-state index contributed by atoms with van der Waals surface area (Å²) in [5.41, 5.74) is 3.57. The van der Waals surface area contributed by atoms with Gasteiger partial charge in [-0.15, -0.1) is 0 Å². The number of aromatic nitrogens is 1. The Bertz CT molecular complexity index is 1400. The number of aryl methyl sites for hydroxylation is 1. The lowest BCUT2D eigenvalue weighted by Gasteiger charge is -2.40. The number of esters is 1. The third kappa shape index (κ3) is 6.31. The maximum absolute atomic E-state index is 13.0. The minimum absolute atomic E-state index is 0.0219. The summed E-state index contributed by atoms with van der Waals surface area (Å²) >= 11 is 0. The van der Waals surface area contributed by atoms with Gasteiger partial charge in [-0.05, 0) is 75.9 Å². The number of methoxy groups -OCH3 is 2. The number of hydrogen-bond donors (Lipinski definition) is 1. The number of nitrogens with one attached hydrogen (secondary N) is 1. The third-order valence-electron chi connectivity index (χ3n) is 7.24. The van der Waals surface area contributed by atoms with E-state index in [0.717, 1.165) is 46.3 Å². The van der Waals surface area contributed by atoms with Crippen LogP contribution in [0, 0.1) is 6.92 Å². The summed E-state index contributed by atoms with van der Waals surface area (Å²) in [4.78, 5) is 39.3. The van der Waals surface area contributed by atoms with E-state index in [9.17, 15) is 14.4 Å². The van der Waals surface area contributed by atoms with Crippen LogP contribution in [0.4, 0.5) is 4.79 Å². The van der Waals surface area contributed by atoms with Crippen molar-refractivity contribution in [2.24, 2.45) is 0 Å². The second kappa shape index (κ2) is 11.7. The molecule has 4 rings (SSSR count).